The van der Waals surface area contributed by atoms with Gasteiger partial charge in [-0.05, 0) is 68.6 Å². The highest BCUT2D eigenvalue weighted by atomic mass is 32.1. The summed E-state index contributed by atoms with van der Waals surface area (Å²) in [6.45, 7) is 0. The van der Waals surface area contributed by atoms with Crippen molar-refractivity contribution in [3.05, 3.63) is 37.4 Å². The molecule has 0 unspecified atom stereocenters. The molecule has 2 aliphatic carbocycles. The average Bonchev–Trinajstić information content (AvgIpc) is 3.15. The Hall–Kier alpha value is -1.64. The number of rotatable bonds is 2. The summed E-state index contributed by atoms with van der Waals surface area (Å²) in [5, 5.41) is 13.2. The van der Waals surface area contributed by atoms with Gasteiger partial charge in [-0.2, -0.15) is 5.26 Å². The minimum atomic E-state index is -0.0560. The van der Waals surface area contributed by atoms with E-state index in [9.17, 15) is 10.1 Å². The zero-order valence-corrected chi connectivity index (χ0v) is 14.5. The second-order valence-corrected chi connectivity index (χ2v) is 8.49. The molecule has 0 saturated heterocycles. The number of carbonyl (C=O) groups is 1. The van der Waals surface area contributed by atoms with Crippen molar-refractivity contribution in [2.24, 2.45) is 0 Å². The largest absolute Gasteiger partial charge is 0.312 e. The number of hydrogen-bond acceptors (Lipinski definition) is 4. The summed E-state index contributed by atoms with van der Waals surface area (Å²) in [5.41, 5.74) is 3.21. The first-order valence-electron chi connectivity index (χ1n) is 8.24. The number of nitrogens with one attached hydrogen (secondary N) is 1. The Balaban J connectivity index is 1.60. The summed E-state index contributed by atoms with van der Waals surface area (Å²) in [5.74, 6) is -0.0560. The van der Waals surface area contributed by atoms with Crippen molar-refractivity contribution in [3.63, 3.8) is 0 Å². The number of aryl methyl sites for hydroxylation is 3. The first-order chi connectivity index (χ1) is 11.3. The first-order valence-corrected chi connectivity index (χ1v) is 9.87. The smallest absolute Gasteiger partial charge is 0.266 e. The molecule has 0 bridgehead atoms. The third-order valence-electron chi connectivity index (χ3n) is 4.73. The predicted molar refractivity (Wildman–Crippen MR) is 94.6 cm³/mol. The Labute approximate surface area is 144 Å². The van der Waals surface area contributed by atoms with E-state index in [-0.39, 0.29) is 5.91 Å². The lowest BCUT2D eigenvalue weighted by Gasteiger charge is -2.09. The van der Waals surface area contributed by atoms with E-state index >= 15 is 0 Å². The summed E-state index contributed by atoms with van der Waals surface area (Å²) >= 11 is 3.22. The van der Waals surface area contributed by atoms with E-state index in [0.717, 1.165) is 42.0 Å². The van der Waals surface area contributed by atoms with Crippen molar-refractivity contribution in [3.8, 4) is 6.07 Å². The zero-order chi connectivity index (χ0) is 15.8. The Morgan fingerprint density at radius 1 is 1.04 bits per heavy atom. The lowest BCUT2D eigenvalue weighted by molar-refractivity contribution is 0.103. The van der Waals surface area contributed by atoms with E-state index in [4.69, 9.17) is 0 Å². The highest BCUT2D eigenvalue weighted by molar-refractivity contribution is 7.17. The maximum absolute atomic E-state index is 12.6. The van der Waals surface area contributed by atoms with Crippen LogP contribution in [0.3, 0.4) is 0 Å². The van der Waals surface area contributed by atoms with Gasteiger partial charge in [-0.15, -0.1) is 22.7 Å². The van der Waals surface area contributed by atoms with Crippen LogP contribution in [-0.2, 0) is 25.7 Å². The molecule has 3 nitrogen and oxygen atoms in total. The number of anilines is 1. The zero-order valence-electron chi connectivity index (χ0n) is 12.9. The molecule has 0 aromatic carbocycles. The molecule has 0 spiro atoms. The molecule has 0 atom stereocenters. The Kier molecular flexibility index (Phi) is 3.96. The molecule has 2 aliphatic rings. The lowest BCUT2D eigenvalue weighted by Crippen LogP contribution is -2.10. The molecule has 0 radical (unpaired) electrons. The molecule has 118 valence electrons. The summed E-state index contributed by atoms with van der Waals surface area (Å²) in [6, 6.07) is 4.36. The van der Waals surface area contributed by atoms with Gasteiger partial charge in [-0.3, -0.25) is 4.79 Å². The van der Waals surface area contributed by atoms with Crippen LogP contribution in [0.1, 0.15) is 61.8 Å². The van der Waals surface area contributed by atoms with Crippen LogP contribution in [0.2, 0.25) is 0 Å². The normalized spacial score (nSPS) is 16.3. The highest BCUT2D eigenvalue weighted by Crippen LogP contribution is 2.38. The van der Waals surface area contributed by atoms with Gasteiger partial charge in [0.1, 0.15) is 11.1 Å². The first kappa shape index (κ1) is 14.9. The molecule has 2 heterocycles. The van der Waals surface area contributed by atoms with Crippen molar-refractivity contribution in [2.75, 3.05) is 5.32 Å². The third-order valence-corrected chi connectivity index (χ3v) is 7.17. The lowest BCUT2D eigenvalue weighted by atomic mass is 9.96. The monoisotopic (exact) mass is 342 g/mol. The Morgan fingerprint density at radius 2 is 1.78 bits per heavy atom. The molecule has 1 amide bonds. The van der Waals surface area contributed by atoms with Gasteiger partial charge in [-0.1, -0.05) is 0 Å². The van der Waals surface area contributed by atoms with Gasteiger partial charge in [0, 0.05) is 9.75 Å². The van der Waals surface area contributed by atoms with Gasteiger partial charge in [0.15, 0.2) is 0 Å². The van der Waals surface area contributed by atoms with E-state index < -0.39 is 0 Å². The SMILES string of the molecule is N#Cc1c(NC(=O)c2cc3c(s2)CCCC3)sc2c1CCCC2. The number of amides is 1. The molecule has 4 rings (SSSR count). The van der Waals surface area contributed by atoms with Gasteiger partial charge in [-0.25, -0.2) is 0 Å². The minimum absolute atomic E-state index is 0.0560. The maximum atomic E-state index is 12.6. The summed E-state index contributed by atoms with van der Waals surface area (Å²) in [7, 11) is 0. The minimum Gasteiger partial charge on any atom is -0.312 e. The Morgan fingerprint density at radius 3 is 2.57 bits per heavy atom. The van der Waals surface area contributed by atoms with Gasteiger partial charge in [0.25, 0.3) is 5.91 Å². The van der Waals surface area contributed by atoms with Gasteiger partial charge in [0.05, 0.1) is 10.4 Å². The van der Waals surface area contributed by atoms with E-state index in [2.05, 4.69) is 11.4 Å². The van der Waals surface area contributed by atoms with Crippen molar-refractivity contribution >= 4 is 33.6 Å². The third kappa shape index (κ3) is 2.71. The van der Waals surface area contributed by atoms with Crippen LogP contribution < -0.4 is 5.32 Å². The maximum Gasteiger partial charge on any atom is 0.266 e. The van der Waals surface area contributed by atoms with Crippen LogP contribution in [0.25, 0.3) is 0 Å². The van der Waals surface area contributed by atoms with Crippen LogP contribution in [0.5, 0.6) is 0 Å². The molecule has 0 saturated carbocycles. The van der Waals surface area contributed by atoms with Crippen LogP contribution in [0.4, 0.5) is 5.00 Å². The Bertz CT molecular complexity index is 786. The van der Waals surface area contributed by atoms with Crippen molar-refractivity contribution in [1.82, 2.24) is 0 Å². The quantitative estimate of drug-likeness (QED) is 0.860. The predicted octanol–water partition coefficient (Wildman–Crippen LogP) is 4.69. The van der Waals surface area contributed by atoms with E-state index in [1.165, 1.54) is 40.1 Å². The summed E-state index contributed by atoms with van der Waals surface area (Å²) < 4.78 is 0. The molecule has 1 N–H and O–H groups in total. The average molecular weight is 342 g/mol. The number of nitriles is 1. The van der Waals surface area contributed by atoms with Crippen LogP contribution in [0, 0.1) is 11.3 Å². The fourth-order valence-electron chi connectivity index (χ4n) is 3.54. The molecular weight excluding hydrogens is 324 g/mol. The standard InChI is InChI=1S/C18H18N2OS2/c19-10-13-12-6-2-4-8-15(12)23-18(13)20-17(21)16-9-11-5-1-3-7-14(11)22-16/h9H,1-8H2,(H,20,21). The van der Waals surface area contributed by atoms with Crippen LogP contribution in [-0.4, -0.2) is 5.91 Å². The van der Waals surface area contributed by atoms with Crippen LogP contribution >= 0.6 is 22.7 Å². The number of carbonyl (C=O) groups excluding carboxylic acids is 1. The second kappa shape index (κ2) is 6.10. The van der Waals surface area contributed by atoms with Crippen molar-refractivity contribution < 1.29 is 4.79 Å². The topological polar surface area (TPSA) is 52.9 Å². The van der Waals surface area contributed by atoms with Gasteiger partial charge >= 0.3 is 0 Å². The van der Waals surface area contributed by atoms with Crippen molar-refractivity contribution in [1.29, 1.82) is 5.26 Å². The van der Waals surface area contributed by atoms with Gasteiger partial charge in [0.2, 0.25) is 0 Å². The van der Waals surface area contributed by atoms with E-state index in [1.54, 1.807) is 22.7 Å². The molecule has 2 aromatic rings. The molecule has 0 aliphatic heterocycles. The number of hydrogen-bond donors (Lipinski definition) is 1. The second-order valence-electron chi connectivity index (χ2n) is 6.25. The molecule has 0 fully saturated rings. The number of thiophene rings is 2. The fourth-order valence-corrected chi connectivity index (χ4v) is 5.92. The molecule has 23 heavy (non-hydrogen) atoms. The fraction of sp³-hybridized carbons (Fsp3) is 0.444. The molecular formula is C18H18N2OS2. The van der Waals surface area contributed by atoms with Crippen molar-refractivity contribution in [2.45, 2.75) is 51.4 Å². The van der Waals surface area contributed by atoms with Crippen LogP contribution in [0.15, 0.2) is 6.07 Å². The molecule has 2 aromatic heterocycles. The van der Waals surface area contributed by atoms with E-state index in [0.29, 0.717) is 5.56 Å². The van der Waals surface area contributed by atoms with E-state index in [1.807, 2.05) is 6.07 Å². The molecule has 5 heteroatoms. The van der Waals surface area contributed by atoms with Gasteiger partial charge < -0.3 is 5.32 Å². The summed E-state index contributed by atoms with van der Waals surface area (Å²) in [6.07, 6.45) is 8.98. The number of fused-ring (bicyclic) bond motifs is 2. The summed E-state index contributed by atoms with van der Waals surface area (Å²) in [4.78, 5) is 16.0. The highest BCUT2D eigenvalue weighted by Gasteiger charge is 2.23. The number of nitrogens with zero attached hydrogens (tertiary/aromatic N) is 1.